The summed E-state index contributed by atoms with van der Waals surface area (Å²) < 4.78 is 6.02. The number of piperidine rings is 1. The number of carbonyl (C=O) groups excluding carboxylic acids is 2. The van der Waals surface area contributed by atoms with Gasteiger partial charge in [-0.05, 0) is 81.3 Å². The van der Waals surface area contributed by atoms with Crippen LogP contribution < -0.4 is 10.6 Å². The van der Waals surface area contributed by atoms with Crippen molar-refractivity contribution >= 4 is 29.5 Å². The van der Waals surface area contributed by atoms with Crippen molar-refractivity contribution in [3.8, 4) is 0 Å². The van der Waals surface area contributed by atoms with Crippen molar-refractivity contribution < 1.29 is 14.3 Å². The second-order valence-electron chi connectivity index (χ2n) is 9.50. The standard InChI is InChI=1S/C25H34ClN3O3/c1-17-5-3-11-29(16-17)12-4-10-27-24(30)19-8-9-22-21(15-19)28-25(31)23(32-22)14-18-6-2-7-20(26)13-18/h2,6-7,13-14,17,19,21-22H,3-5,8-12,15-16H2,1H3,(H,27,30)(H,28,31)/b23-14-. The van der Waals surface area contributed by atoms with Crippen LogP contribution >= 0.6 is 11.6 Å². The van der Waals surface area contributed by atoms with Crippen LogP contribution in [0, 0.1) is 11.8 Å². The van der Waals surface area contributed by atoms with Gasteiger partial charge >= 0.3 is 0 Å². The monoisotopic (exact) mass is 459 g/mol. The lowest BCUT2D eigenvalue weighted by atomic mass is 9.82. The fraction of sp³-hybridized carbons (Fsp3) is 0.600. The summed E-state index contributed by atoms with van der Waals surface area (Å²) >= 11 is 6.04. The molecule has 2 amide bonds. The van der Waals surface area contributed by atoms with Gasteiger partial charge in [-0.25, -0.2) is 0 Å². The number of hydrogen-bond acceptors (Lipinski definition) is 4. The maximum Gasteiger partial charge on any atom is 0.286 e. The van der Waals surface area contributed by atoms with Gasteiger partial charge in [0, 0.05) is 24.0 Å². The molecule has 1 saturated carbocycles. The number of rotatable bonds is 6. The first-order valence-corrected chi connectivity index (χ1v) is 12.3. The molecule has 6 nitrogen and oxygen atoms in total. The minimum atomic E-state index is -0.233. The molecule has 0 radical (unpaired) electrons. The van der Waals surface area contributed by atoms with Crippen molar-refractivity contribution in [1.82, 2.24) is 15.5 Å². The van der Waals surface area contributed by atoms with E-state index in [0.29, 0.717) is 23.7 Å². The van der Waals surface area contributed by atoms with Gasteiger partial charge in [0.2, 0.25) is 5.91 Å². The zero-order valence-corrected chi connectivity index (χ0v) is 19.6. The molecule has 4 atom stereocenters. The van der Waals surface area contributed by atoms with E-state index in [4.69, 9.17) is 16.3 Å². The van der Waals surface area contributed by atoms with E-state index >= 15 is 0 Å². The lowest BCUT2D eigenvalue weighted by molar-refractivity contribution is -0.134. The number of carbonyl (C=O) groups is 2. The zero-order valence-electron chi connectivity index (χ0n) is 18.8. The number of morpholine rings is 1. The van der Waals surface area contributed by atoms with E-state index in [9.17, 15) is 9.59 Å². The lowest BCUT2D eigenvalue weighted by Gasteiger charge is -2.39. The highest BCUT2D eigenvalue weighted by atomic mass is 35.5. The minimum absolute atomic E-state index is 0.0754. The third-order valence-electron chi connectivity index (χ3n) is 6.81. The maximum atomic E-state index is 12.7. The van der Waals surface area contributed by atoms with Gasteiger partial charge in [0.05, 0.1) is 6.04 Å². The number of amides is 2. The van der Waals surface area contributed by atoms with Crippen LogP contribution in [0.2, 0.25) is 5.02 Å². The zero-order chi connectivity index (χ0) is 22.5. The molecule has 0 spiro atoms. The van der Waals surface area contributed by atoms with Gasteiger partial charge in [-0.3, -0.25) is 9.59 Å². The molecule has 3 aliphatic rings. The van der Waals surface area contributed by atoms with E-state index < -0.39 is 0 Å². The van der Waals surface area contributed by atoms with Crippen LogP contribution in [0.4, 0.5) is 0 Å². The molecule has 4 unspecified atom stereocenters. The average Bonchev–Trinajstić information content (AvgIpc) is 2.77. The molecule has 3 fully saturated rings. The molecule has 7 heteroatoms. The summed E-state index contributed by atoms with van der Waals surface area (Å²) in [5.41, 5.74) is 0.827. The fourth-order valence-corrected chi connectivity index (χ4v) is 5.32. The molecule has 1 aromatic carbocycles. The Hall–Kier alpha value is -2.05. The summed E-state index contributed by atoms with van der Waals surface area (Å²) in [6, 6.07) is 7.19. The topological polar surface area (TPSA) is 70.7 Å². The normalized spacial score (nSPS) is 29.7. The van der Waals surface area contributed by atoms with Crippen molar-refractivity contribution in [3.63, 3.8) is 0 Å². The van der Waals surface area contributed by atoms with Crippen molar-refractivity contribution in [2.24, 2.45) is 11.8 Å². The van der Waals surface area contributed by atoms with E-state index in [1.165, 1.54) is 25.9 Å². The van der Waals surface area contributed by atoms with Gasteiger partial charge in [0.15, 0.2) is 5.76 Å². The highest BCUT2D eigenvalue weighted by molar-refractivity contribution is 6.30. The third kappa shape index (κ3) is 6.04. The van der Waals surface area contributed by atoms with Crippen LogP contribution in [-0.2, 0) is 14.3 Å². The largest absolute Gasteiger partial charge is 0.483 e. The first kappa shape index (κ1) is 23.1. The van der Waals surface area contributed by atoms with E-state index in [1.54, 1.807) is 18.2 Å². The molecule has 174 valence electrons. The van der Waals surface area contributed by atoms with Gasteiger partial charge in [-0.2, -0.15) is 0 Å². The third-order valence-corrected chi connectivity index (χ3v) is 7.05. The second-order valence-corrected chi connectivity index (χ2v) is 9.94. The quantitative estimate of drug-likeness (QED) is 0.503. The number of nitrogens with one attached hydrogen (secondary N) is 2. The summed E-state index contributed by atoms with van der Waals surface area (Å²) in [4.78, 5) is 27.8. The van der Waals surface area contributed by atoms with Crippen molar-refractivity contribution in [1.29, 1.82) is 0 Å². The van der Waals surface area contributed by atoms with Crippen molar-refractivity contribution in [2.45, 2.75) is 57.6 Å². The Morgan fingerprint density at radius 2 is 2.22 bits per heavy atom. The summed E-state index contributed by atoms with van der Waals surface area (Å²) in [6.07, 6.45) is 7.36. The van der Waals surface area contributed by atoms with Crippen molar-refractivity contribution in [3.05, 3.63) is 40.6 Å². The first-order valence-electron chi connectivity index (χ1n) is 11.9. The highest BCUT2D eigenvalue weighted by Crippen LogP contribution is 2.31. The molecular weight excluding hydrogens is 426 g/mol. The summed E-state index contributed by atoms with van der Waals surface area (Å²) in [5, 5.41) is 6.78. The summed E-state index contributed by atoms with van der Waals surface area (Å²) in [5.74, 6) is 0.882. The van der Waals surface area contributed by atoms with Gasteiger partial charge in [-0.15, -0.1) is 0 Å². The molecule has 2 N–H and O–H groups in total. The van der Waals surface area contributed by atoms with Gasteiger partial charge < -0.3 is 20.3 Å². The second kappa shape index (κ2) is 10.7. The Morgan fingerprint density at radius 3 is 3.03 bits per heavy atom. The Kier molecular flexibility index (Phi) is 7.74. The average molecular weight is 460 g/mol. The molecule has 1 aliphatic carbocycles. The van der Waals surface area contributed by atoms with Gasteiger partial charge in [0.1, 0.15) is 6.10 Å². The number of ether oxygens (including phenoxy) is 1. The van der Waals surface area contributed by atoms with Gasteiger partial charge in [0.25, 0.3) is 5.91 Å². The molecule has 2 saturated heterocycles. The molecule has 0 aromatic heterocycles. The van der Waals surface area contributed by atoms with Crippen LogP contribution in [0.1, 0.15) is 51.0 Å². The number of halogens is 1. The molecule has 1 aromatic rings. The summed E-state index contributed by atoms with van der Waals surface area (Å²) in [6.45, 7) is 6.42. The molecule has 32 heavy (non-hydrogen) atoms. The minimum Gasteiger partial charge on any atom is -0.483 e. The van der Waals surface area contributed by atoms with Gasteiger partial charge in [-0.1, -0.05) is 30.7 Å². The number of benzene rings is 1. The van der Waals surface area contributed by atoms with E-state index in [2.05, 4.69) is 22.5 Å². The van der Waals surface area contributed by atoms with E-state index in [-0.39, 0.29) is 29.9 Å². The maximum absolute atomic E-state index is 12.7. The number of likely N-dealkylation sites (tertiary alicyclic amines) is 1. The summed E-state index contributed by atoms with van der Waals surface area (Å²) in [7, 11) is 0. The van der Waals surface area contributed by atoms with Crippen LogP contribution in [0.15, 0.2) is 30.0 Å². The Bertz CT molecular complexity index is 859. The van der Waals surface area contributed by atoms with Crippen LogP contribution in [0.3, 0.4) is 0 Å². The number of hydrogen-bond donors (Lipinski definition) is 2. The Morgan fingerprint density at radius 1 is 1.34 bits per heavy atom. The SMILES string of the molecule is CC1CCCN(CCCNC(=O)C2CCC3O/C(=C\c4cccc(Cl)c4)C(=O)NC3C2)C1. The van der Waals surface area contributed by atoms with Crippen LogP contribution in [0.25, 0.3) is 6.08 Å². The molecular formula is C25H34ClN3O3. The fourth-order valence-electron chi connectivity index (χ4n) is 5.13. The van der Waals surface area contributed by atoms with Crippen molar-refractivity contribution in [2.75, 3.05) is 26.2 Å². The highest BCUT2D eigenvalue weighted by Gasteiger charge is 2.40. The molecule has 2 aliphatic heterocycles. The van der Waals surface area contributed by atoms with Crippen LogP contribution in [-0.4, -0.2) is 55.0 Å². The molecule has 2 heterocycles. The van der Waals surface area contributed by atoms with E-state index in [0.717, 1.165) is 37.3 Å². The number of fused-ring (bicyclic) bond motifs is 1. The Labute approximate surface area is 195 Å². The first-order chi connectivity index (χ1) is 15.5. The predicted octanol–water partition coefficient (Wildman–Crippen LogP) is 3.60. The smallest absolute Gasteiger partial charge is 0.286 e. The predicted molar refractivity (Wildman–Crippen MR) is 126 cm³/mol. The van der Waals surface area contributed by atoms with Crippen LogP contribution in [0.5, 0.6) is 0 Å². The Balaban J connectivity index is 1.23. The molecule has 0 bridgehead atoms. The number of nitrogens with zero attached hydrogens (tertiary/aromatic N) is 1. The van der Waals surface area contributed by atoms with E-state index in [1.807, 2.05) is 12.1 Å². The lowest BCUT2D eigenvalue weighted by Crippen LogP contribution is -2.54. The molecule has 4 rings (SSSR count).